The van der Waals surface area contributed by atoms with Crippen LogP contribution in [-0.4, -0.2) is 38.8 Å². The molecule has 2 aromatic rings. The predicted octanol–water partition coefficient (Wildman–Crippen LogP) is 2.90. The topological polar surface area (TPSA) is 71.0 Å². The Balaban J connectivity index is 1.72. The van der Waals surface area contributed by atoms with Crippen LogP contribution in [0.2, 0.25) is 0 Å². The van der Waals surface area contributed by atoms with E-state index in [1.165, 1.54) is 0 Å². The number of likely N-dealkylation sites (tertiary alicyclic amines) is 1. The first kappa shape index (κ1) is 16.1. The summed E-state index contributed by atoms with van der Waals surface area (Å²) in [5, 5.41) is 3.24. The Morgan fingerprint density at radius 3 is 2.58 bits per heavy atom. The molecule has 6 heteroatoms. The number of nitrogens with zero attached hydrogens (tertiary/aromatic N) is 4. The third-order valence-electron chi connectivity index (χ3n) is 4.17. The highest BCUT2D eigenvalue weighted by molar-refractivity contribution is 5.92. The fraction of sp³-hybridized carbons (Fsp3) is 0.333. The average Bonchev–Trinajstić information content (AvgIpc) is 2.62. The largest absolute Gasteiger partial charge is 0.339 e. The molecular formula is C18H21N5O. The minimum atomic E-state index is 0.0411. The summed E-state index contributed by atoms with van der Waals surface area (Å²) in [6, 6.07) is 5.69. The van der Waals surface area contributed by atoms with Crippen molar-refractivity contribution in [2.24, 2.45) is 0 Å². The summed E-state index contributed by atoms with van der Waals surface area (Å²) >= 11 is 0. The van der Waals surface area contributed by atoms with Crippen LogP contribution in [-0.2, 0) is 4.79 Å². The van der Waals surface area contributed by atoms with Crippen molar-refractivity contribution in [3.63, 3.8) is 0 Å². The van der Waals surface area contributed by atoms with Crippen molar-refractivity contribution >= 4 is 17.5 Å². The second-order valence-corrected chi connectivity index (χ2v) is 5.98. The molecule has 1 saturated heterocycles. The minimum absolute atomic E-state index is 0.0411. The fourth-order valence-electron chi connectivity index (χ4n) is 2.93. The normalized spacial score (nSPS) is 15.1. The molecule has 0 spiro atoms. The number of carbonyl (C=O) groups is 1. The molecule has 0 unspecified atom stereocenters. The molecule has 0 atom stereocenters. The van der Waals surface area contributed by atoms with Crippen molar-refractivity contribution in [3.05, 3.63) is 54.6 Å². The van der Waals surface area contributed by atoms with Gasteiger partial charge in [0.05, 0.1) is 5.69 Å². The molecule has 24 heavy (non-hydrogen) atoms. The number of anilines is 2. The number of carbonyl (C=O) groups excluding carboxylic acids is 1. The first-order valence-corrected chi connectivity index (χ1v) is 8.09. The van der Waals surface area contributed by atoms with Gasteiger partial charge in [0, 0.05) is 43.2 Å². The Labute approximate surface area is 141 Å². The smallest absolute Gasteiger partial charge is 0.248 e. The zero-order valence-corrected chi connectivity index (χ0v) is 13.8. The molecule has 3 heterocycles. The lowest BCUT2D eigenvalue weighted by Crippen LogP contribution is -2.38. The number of hydrogen-bond donors (Lipinski definition) is 1. The number of nitrogens with one attached hydrogen (secondary N) is 1. The van der Waals surface area contributed by atoms with Gasteiger partial charge in [-0.25, -0.2) is 9.97 Å². The first-order chi connectivity index (χ1) is 11.6. The van der Waals surface area contributed by atoms with Gasteiger partial charge in [-0.3, -0.25) is 9.78 Å². The Bertz CT molecular complexity index is 723. The number of amides is 1. The van der Waals surface area contributed by atoms with Crippen LogP contribution in [0.15, 0.2) is 48.9 Å². The molecule has 1 amide bonds. The molecule has 0 aliphatic carbocycles. The maximum absolute atomic E-state index is 12.0. The highest BCUT2D eigenvalue weighted by Crippen LogP contribution is 2.31. The van der Waals surface area contributed by atoms with E-state index < -0.39 is 0 Å². The molecule has 1 fully saturated rings. The minimum Gasteiger partial charge on any atom is -0.339 e. The molecule has 0 aromatic carbocycles. The van der Waals surface area contributed by atoms with E-state index >= 15 is 0 Å². The zero-order valence-electron chi connectivity index (χ0n) is 13.8. The van der Waals surface area contributed by atoms with Gasteiger partial charge in [0.2, 0.25) is 5.91 Å². The van der Waals surface area contributed by atoms with Gasteiger partial charge < -0.3 is 10.2 Å². The van der Waals surface area contributed by atoms with Crippen molar-refractivity contribution < 1.29 is 4.79 Å². The molecule has 2 aromatic heterocycles. The van der Waals surface area contributed by atoms with Crippen molar-refractivity contribution in [2.45, 2.75) is 25.7 Å². The zero-order chi connectivity index (χ0) is 16.9. The van der Waals surface area contributed by atoms with Gasteiger partial charge in [0.1, 0.15) is 5.82 Å². The van der Waals surface area contributed by atoms with Crippen LogP contribution in [0.4, 0.5) is 11.6 Å². The molecule has 1 aliphatic heterocycles. The summed E-state index contributed by atoms with van der Waals surface area (Å²) in [5.74, 6) is 1.80. The van der Waals surface area contributed by atoms with Crippen LogP contribution in [0.3, 0.4) is 0 Å². The SMILES string of the molecule is C=C(C)C(=O)N1CCC(c2nccnc2Nc2ccccn2)CC1. The first-order valence-electron chi connectivity index (χ1n) is 8.09. The van der Waals surface area contributed by atoms with Crippen molar-refractivity contribution in [1.29, 1.82) is 0 Å². The summed E-state index contributed by atoms with van der Waals surface area (Å²) in [4.78, 5) is 27.1. The van der Waals surface area contributed by atoms with Crippen molar-refractivity contribution in [1.82, 2.24) is 19.9 Å². The standard InChI is InChI=1S/C18H21N5O/c1-13(2)18(24)23-11-6-14(7-12-23)16-17(21-10-9-20-16)22-15-5-3-4-8-19-15/h3-5,8-10,14H,1,6-7,11-12H2,2H3,(H,19,21,22). The van der Waals surface area contributed by atoms with Gasteiger partial charge in [-0.2, -0.15) is 0 Å². The van der Waals surface area contributed by atoms with E-state index in [0.29, 0.717) is 5.57 Å². The van der Waals surface area contributed by atoms with Crippen LogP contribution in [0.1, 0.15) is 31.4 Å². The Hall–Kier alpha value is -2.76. The number of rotatable bonds is 4. The maximum atomic E-state index is 12.0. The Morgan fingerprint density at radius 2 is 1.92 bits per heavy atom. The van der Waals surface area contributed by atoms with Crippen LogP contribution >= 0.6 is 0 Å². The summed E-state index contributed by atoms with van der Waals surface area (Å²) in [5.41, 5.74) is 1.52. The van der Waals surface area contributed by atoms with Gasteiger partial charge in [-0.1, -0.05) is 12.6 Å². The Kier molecular flexibility index (Phi) is 4.84. The van der Waals surface area contributed by atoms with E-state index in [4.69, 9.17) is 0 Å². The quantitative estimate of drug-likeness (QED) is 0.876. The maximum Gasteiger partial charge on any atom is 0.248 e. The lowest BCUT2D eigenvalue weighted by molar-refractivity contribution is -0.128. The van der Waals surface area contributed by atoms with Crippen molar-refractivity contribution in [3.8, 4) is 0 Å². The van der Waals surface area contributed by atoms with Crippen molar-refractivity contribution in [2.75, 3.05) is 18.4 Å². The second-order valence-electron chi connectivity index (χ2n) is 5.98. The molecule has 0 radical (unpaired) electrons. The summed E-state index contributed by atoms with van der Waals surface area (Å²) in [6.45, 7) is 6.93. The van der Waals surface area contributed by atoms with Crippen LogP contribution in [0.5, 0.6) is 0 Å². The van der Waals surface area contributed by atoms with Gasteiger partial charge in [0.15, 0.2) is 5.82 Å². The summed E-state index contributed by atoms with van der Waals surface area (Å²) < 4.78 is 0. The van der Waals surface area contributed by atoms with Gasteiger partial charge in [-0.05, 0) is 31.9 Å². The molecule has 6 nitrogen and oxygen atoms in total. The van der Waals surface area contributed by atoms with E-state index in [9.17, 15) is 4.79 Å². The highest BCUT2D eigenvalue weighted by Gasteiger charge is 2.26. The monoisotopic (exact) mass is 323 g/mol. The summed E-state index contributed by atoms with van der Waals surface area (Å²) in [6.07, 6.45) is 6.86. The summed E-state index contributed by atoms with van der Waals surface area (Å²) in [7, 11) is 0. The van der Waals surface area contributed by atoms with Gasteiger partial charge in [0.25, 0.3) is 0 Å². The molecule has 0 bridgehead atoms. The number of piperidine rings is 1. The number of pyridine rings is 1. The molecule has 3 rings (SSSR count). The lowest BCUT2D eigenvalue weighted by Gasteiger charge is -2.32. The molecule has 124 valence electrons. The lowest BCUT2D eigenvalue weighted by atomic mass is 9.92. The highest BCUT2D eigenvalue weighted by atomic mass is 16.2. The molecular weight excluding hydrogens is 302 g/mol. The number of hydrogen-bond acceptors (Lipinski definition) is 5. The second kappa shape index (κ2) is 7.21. The van der Waals surface area contributed by atoms with E-state index in [0.717, 1.165) is 43.3 Å². The van der Waals surface area contributed by atoms with Crippen LogP contribution in [0.25, 0.3) is 0 Å². The van der Waals surface area contributed by atoms with Crippen LogP contribution in [0, 0.1) is 0 Å². The van der Waals surface area contributed by atoms with Gasteiger partial charge in [-0.15, -0.1) is 0 Å². The van der Waals surface area contributed by atoms with Gasteiger partial charge >= 0.3 is 0 Å². The van der Waals surface area contributed by atoms with E-state index in [-0.39, 0.29) is 11.8 Å². The van der Waals surface area contributed by atoms with Crippen LogP contribution < -0.4 is 5.32 Å². The Morgan fingerprint density at radius 1 is 1.17 bits per heavy atom. The third kappa shape index (κ3) is 3.59. The van der Waals surface area contributed by atoms with E-state index in [2.05, 4.69) is 26.8 Å². The predicted molar refractivity (Wildman–Crippen MR) is 92.9 cm³/mol. The van der Waals surface area contributed by atoms with E-state index in [1.54, 1.807) is 25.5 Å². The van der Waals surface area contributed by atoms with E-state index in [1.807, 2.05) is 23.1 Å². The number of aromatic nitrogens is 3. The third-order valence-corrected chi connectivity index (χ3v) is 4.17. The molecule has 1 N–H and O–H groups in total. The average molecular weight is 323 g/mol. The molecule has 1 aliphatic rings. The fourth-order valence-corrected chi connectivity index (χ4v) is 2.93. The molecule has 0 saturated carbocycles.